The molecule has 0 aliphatic rings. The summed E-state index contributed by atoms with van der Waals surface area (Å²) < 4.78 is 14.9. The zero-order chi connectivity index (χ0) is 13.1. The van der Waals surface area contributed by atoms with Crippen LogP contribution in [0.3, 0.4) is 0 Å². The minimum absolute atomic E-state index is 0.162. The third-order valence-electron chi connectivity index (χ3n) is 2.63. The quantitative estimate of drug-likeness (QED) is 0.899. The first-order valence-corrected chi connectivity index (χ1v) is 5.60. The van der Waals surface area contributed by atoms with Crippen molar-refractivity contribution >= 4 is 5.91 Å². The molecule has 1 aromatic heterocycles. The fourth-order valence-electron chi connectivity index (χ4n) is 1.73. The average molecular weight is 247 g/mol. The van der Waals surface area contributed by atoms with E-state index in [9.17, 15) is 9.18 Å². The van der Waals surface area contributed by atoms with E-state index >= 15 is 0 Å². The molecule has 0 bridgehead atoms. The standard InChI is InChI=1S/C13H14FN3O/c1-9-7-12(17(2)16-9)13(18)15-8-10-5-3-4-6-11(10)14/h3-7H,8H2,1-2H3,(H,15,18). The normalized spacial score (nSPS) is 10.4. The molecule has 0 saturated heterocycles. The number of aromatic nitrogens is 2. The van der Waals surface area contributed by atoms with Gasteiger partial charge in [-0.3, -0.25) is 9.48 Å². The van der Waals surface area contributed by atoms with Gasteiger partial charge in [0.1, 0.15) is 11.5 Å². The first-order chi connectivity index (χ1) is 8.58. The van der Waals surface area contributed by atoms with E-state index in [-0.39, 0.29) is 18.3 Å². The van der Waals surface area contributed by atoms with E-state index in [1.54, 1.807) is 31.3 Å². The first kappa shape index (κ1) is 12.3. The van der Waals surface area contributed by atoms with E-state index in [0.717, 1.165) is 5.69 Å². The number of aryl methyl sites for hydroxylation is 2. The number of amides is 1. The Morgan fingerprint density at radius 1 is 1.44 bits per heavy atom. The fraction of sp³-hybridized carbons (Fsp3) is 0.231. The number of rotatable bonds is 3. The number of nitrogens with zero attached hydrogens (tertiary/aromatic N) is 2. The second-order valence-electron chi connectivity index (χ2n) is 4.07. The maximum absolute atomic E-state index is 13.4. The highest BCUT2D eigenvalue weighted by Crippen LogP contribution is 2.07. The predicted octanol–water partition coefficient (Wildman–Crippen LogP) is 1.80. The van der Waals surface area contributed by atoms with E-state index in [4.69, 9.17) is 0 Å². The zero-order valence-corrected chi connectivity index (χ0v) is 10.3. The predicted molar refractivity (Wildman–Crippen MR) is 65.5 cm³/mol. The highest BCUT2D eigenvalue weighted by molar-refractivity contribution is 5.92. The van der Waals surface area contributed by atoms with Gasteiger partial charge in [-0.1, -0.05) is 18.2 Å². The number of hydrogen-bond acceptors (Lipinski definition) is 2. The Balaban J connectivity index is 2.05. The molecule has 1 heterocycles. The minimum atomic E-state index is -0.320. The van der Waals surface area contributed by atoms with Gasteiger partial charge >= 0.3 is 0 Å². The summed E-state index contributed by atoms with van der Waals surface area (Å²) in [4.78, 5) is 11.9. The molecule has 0 spiro atoms. The Labute approximate surface area is 104 Å². The van der Waals surface area contributed by atoms with Gasteiger partial charge in [0.15, 0.2) is 0 Å². The topological polar surface area (TPSA) is 46.9 Å². The van der Waals surface area contributed by atoms with Gasteiger partial charge in [0.2, 0.25) is 0 Å². The van der Waals surface area contributed by atoms with Gasteiger partial charge < -0.3 is 5.32 Å². The summed E-state index contributed by atoms with van der Waals surface area (Å²) in [6, 6.07) is 8.06. The van der Waals surface area contributed by atoms with Crippen LogP contribution in [0.15, 0.2) is 30.3 Å². The van der Waals surface area contributed by atoms with Crippen molar-refractivity contribution in [2.24, 2.45) is 7.05 Å². The van der Waals surface area contributed by atoms with Gasteiger partial charge in [0.05, 0.1) is 5.69 Å². The Bertz CT molecular complexity index is 577. The van der Waals surface area contributed by atoms with E-state index in [1.807, 2.05) is 6.92 Å². The van der Waals surface area contributed by atoms with E-state index in [0.29, 0.717) is 11.3 Å². The molecule has 5 heteroatoms. The van der Waals surface area contributed by atoms with Crippen molar-refractivity contribution in [1.29, 1.82) is 0 Å². The molecule has 0 radical (unpaired) electrons. The highest BCUT2D eigenvalue weighted by atomic mass is 19.1. The molecule has 1 aromatic carbocycles. The number of hydrogen-bond donors (Lipinski definition) is 1. The lowest BCUT2D eigenvalue weighted by atomic mass is 10.2. The van der Waals surface area contributed by atoms with Crippen LogP contribution in [0.5, 0.6) is 0 Å². The highest BCUT2D eigenvalue weighted by Gasteiger charge is 2.11. The van der Waals surface area contributed by atoms with E-state index < -0.39 is 0 Å². The lowest BCUT2D eigenvalue weighted by molar-refractivity contribution is 0.0941. The van der Waals surface area contributed by atoms with Crippen molar-refractivity contribution in [1.82, 2.24) is 15.1 Å². The third-order valence-corrected chi connectivity index (χ3v) is 2.63. The van der Waals surface area contributed by atoms with Crippen LogP contribution in [0.4, 0.5) is 4.39 Å². The summed E-state index contributed by atoms with van der Waals surface area (Å²) in [7, 11) is 1.70. The largest absolute Gasteiger partial charge is 0.347 e. The van der Waals surface area contributed by atoms with Crippen LogP contribution in [0.1, 0.15) is 21.7 Å². The smallest absolute Gasteiger partial charge is 0.269 e. The zero-order valence-electron chi connectivity index (χ0n) is 10.3. The monoisotopic (exact) mass is 247 g/mol. The summed E-state index contributed by atoms with van der Waals surface area (Å²) in [6.45, 7) is 1.98. The summed E-state index contributed by atoms with van der Waals surface area (Å²) in [5.74, 6) is -0.583. The molecule has 0 fully saturated rings. The molecule has 0 saturated carbocycles. The van der Waals surface area contributed by atoms with Crippen LogP contribution >= 0.6 is 0 Å². The van der Waals surface area contributed by atoms with Gasteiger partial charge in [0.25, 0.3) is 5.91 Å². The molecule has 0 aliphatic carbocycles. The molecule has 2 aromatic rings. The summed E-state index contributed by atoms with van der Waals surface area (Å²) in [6.07, 6.45) is 0. The Hall–Kier alpha value is -2.17. The van der Waals surface area contributed by atoms with Crippen LogP contribution in [-0.2, 0) is 13.6 Å². The molecule has 1 N–H and O–H groups in total. The number of benzene rings is 1. The van der Waals surface area contributed by atoms with Crippen molar-refractivity contribution in [2.75, 3.05) is 0 Å². The number of nitrogens with one attached hydrogen (secondary N) is 1. The fourth-order valence-corrected chi connectivity index (χ4v) is 1.73. The number of carbonyl (C=O) groups is 1. The van der Waals surface area contributed by atoms with Crippen LogP contribution in [0, 0.1) is 12.7 Å². The lowest BCUT2D eigenvalue weighted by Gasteiger charge is -2.06. The maximum atomic E-state index is 13.4. The molecule has 0 unspecified atom stereocenters. The SMILES string of the molecule is Cc1cc(C(=O)NCc2ccccc2F)n(C)n1. The molecule has 0 atom stereocenters. The molecule has 0 aliphatic heterocycles. The summed E-state index contributed by atoms with van der Waals surface area (Å²) >= 11 is 0. The molecule has 94 valence electrons. The molecule has 18 heavy (non-hydrogen) atoms. The van der Waals surface area contributed by atoms with Crippen molar-refractivity contribution in [3.63, 3.8) is 0 Å². The van der Waals surface area contributed by atoms with Crippen LogP contribution in [0.25, 0.3) is 0 Å². The summed E-state index contributed by atoms with van der Waals surface area (Å²) in [5.41, 5.74) is 1.70. The summed E-state index contributed by atoms with van der Waals surface area (Å²) in [5, 5.41) is 6.76. The maximum Gasteiger partial charge on any atom is 0.269 e. The average Bonchev–Trinajstić information content (AvgIpc) is 2.67. The van der Waals surface area contributed by atoms with Crippen molar-refractivity contribution in [2.45, 2.75) is 13.5 Å². The van der Waals surface area contributed by atoms with E-state index in [2.05, 4.69) is 10.4 Å². The van der Waals surface area contributed by atoms with Crippen molar-refractivity contribution in [3.05, 3.63) is 53.1 Å². The Morgan fingerprint density at radius 2 is 2.17 bits per heavy atom. The molecule has 1 amide bonds. The van der Waals surface area contributed by atoms with Crippen molar-refractivity contribution < 1.29 is 9.18 Å². The molecular weight excluding hydrogens is 233 g/mol. The van der Waals surface area contributed by atoms with Gasteiger partial charge in [-0.05, 0) is 19.1 Å². The van der Waals surface area contributed by atoms with Crippen molar-refractivity contribution in [3.8, 4) is 0 Å². The lowest BCUT2D eigenvalue weighted by Crippen LogP contribution is -2.25. The number of carbonyl (C=O) groups excluding carboxylic acids is 1. The molecule has 2 rings (SSSR count). The van der Waals surface area contributed by atoms with Crippen LogP contribution < -0.4 is 5.32 Å². The van der Waals surface area contributed by atoms with Gasteiger partial charge in [-0.25, -0.2) is 4.39 Å². The Morgan fingerprint density at radius 3 is 2.78 bits per heavy atom. The van der Waals surface area contributed by atoms with Crippen LogP contribution in [0.2, 0.25) is 0 Å². The minimum Gasteiger partial charge on any atom is -0.347 e. The van der Waals surface area contributed by atoms with Gasteiger partial charge in [-0.2, -0.15) is 5.10 Å². The third kappa shape index (κ3) is 2.56. The van der Waals surface area contributed by atoms with Gasteiger partial charge in [0, 0.05) is 19.2 Å². The Kier molecular flexibility index (Phi) is 3.41. The molecule has 4 nitrogen and oxygen atoms in total. The second kappa shape index (κ2) is 5.00. The molecular formula is C13H14FN3O. The van der Waals surface area contributed by atoms with Gasteiger partial charge in [-0.15, -0.1) is 0 Å². The van der Waals surface area contributed by atoms with E-state index in [1.165, 1.54) is 10.7 Å². The number of halogens is 1. The second-order valence-corrected chi connectivity index (χ2v) is 4.07. The first-order valence-electron chi connectivity index (χ1n) is 5.60. The van der Waals surface area contributed by atoms with Crippen LogP contribution in [-0.4, -0.2) is 15.7 Å².